The van der Waals surface area contributed by atoms with E-state index in [1.54, 1.807) is 0 Å². The fourth-order valence-corrected chi connectivity index (χ4v) is 14.4. The third-order valence-electron chi connectivity index (χ3n) is 16.5. The molecule has 0 spiro atoms. The molecular formula is C72H69N3OSi2. The van der Waals surface area contributed by atoms with Crippen LogP contribution in [0.5, 0.6) is 0 Å². The van der Waals surface area contributed by atoms with Crippen LogP contribution in [-0.4, -0.2) is 20.5 Å². The summed E-state index contributed by atoms with van der Waals surface area (Å²) in [6.45, 7) is 28.2. The minimum atomic E-state index is -1.55. The van der Waals surface area contributed by atoms with Crippen LogP contribution in [0.15, 0.2) is 205 Å². The predicted octanol–water partition coefficient (Wildman–Crippen LogP) is 20.2. The first-order valence-corrected chi connectivity index (χ1v) is 34.8. The van der Waals surface area contributed by atoms with Gasteiger partial charge in [0, 0.05) is 66.8 Å². The number of fused-ring (bicyclic) bond motifs is 11. The highest BCUT2D eigenvalue weighted by atomic mass is 28.3. The molecule has 0 bridgehead atoms. The van der Waals surface area contributed by atoms with E-state index < -0.39 is 16.1 Å². The lowest BCUT2D eigenvalue weighted by molar-refractivity contribution is 0.590. The molecular weight excluding hydrogens is 979 g/mol. The van der Waals surface area contributed by atoms with Crippen LogP contribution in [0.4, 0.5) is 34.1 Å². The Morgan fingerprint density at radius 2 is 0.885 bits per heavy atom. The Balaban J connectivity index is 1.02. The van der Waals surface area contributed by atoms with Crippen LogP contribution in [0.3, 0.4) is 0 Å². The Hall–Kier alpha value is -7.91. The molecule has 0 unspecified atom stereocenters. The van der Waals surface area contributed by atoms with Crippen LogP contribution in [0.2, 0.25) is 39.3 Å². The molecule has 10 aromatic carbocycles. The van der Waals surface area contributed by atoms with Gasteiger partial charge in [0.1, 0.15) is 11.2 Å². The summed E-state index contributed by atoms with van der Waals surface area (Å²) < 4.78 is 9.47. The number of rotatable bonds is 9. The largest absolute Gasteiger partial charge is 0.456 e. The average Bonchev–Trinajstić information content (AvgIpc) is 3.51. The third kappa shape index (κ3) is 8.31. The molecule has 0 aliphatic rings. The van der Waals surface area contributed by atoms with E-state index in [2.05, 4.69) is 295 Å². The molecule has 0 aliphatic heterocycles. The van der Waals surface area contributed by atoms with Gasteiger partial charge >= 0.3 is 0 Å². The molecule has 0 radical (unpaired) electrons. The molecule has 13 rings (SSSR count). The predicted molar refractivity (Wildman–Crippen MR) is 344 cm³/mol. The monoisotopic (exact) mass is 1050 g/mol. The van der Waals surface area contributed by atoms with Crippen LogP contribution in [0, 0.1) is 0 Å². The average molecular weight is 1050 g/mol. The highest BCUT2D eigenvalue weighted by molar-refractivity contribution is 6.89. The zero-order valence-corrected chi connectivity index (χ0v) is 49.3. The molecule has 0 N–H and O–H groups in total. The lowest BCUT2D eigenvalue weighted by Gasteiger charge is -2.28. The minimum absolute atomic E-state index is 0.0318. The second-order valence-electron chi connectivity index (χ2n) is 26.0. The van der Waals surface area contributed by atoms with Crippen molar-refractivity contribution in [3.8, 4) is 11.1 Å². The van der Waals surface area contributed by atoms with E-state index in [4.69, 9.17) is 4.42 Å². The lowest BCUT2D eigenvalue weighted by atomic mass is 9.87. The highest BCUT2D eigenvalue weighted by Gasteiger charge is 2.28. The summed E-state index contributed by atoms with van der Waals surface area (Å²) in [7, 11) is -3.05. The molecule has 13 aromatic rings. The number of benzene rings is 10. The molecule has 0 saturated heterocycles. The molecule has 0 aliphatic carbocycles. The number of furan rings is 1. The molecule has 386 valence electrons. The molecule has 0 atom stereocenters. The first kappa shape index (κ1) is 49.7. The van der Waals surface area contributed by atoms with E-state index in [0.29, 0.717) is 0 Å². The van der Waals surface area contributed by atoms with Gasteiger partial charge in [0.25, 0.3) is 0 Å². The Morgan fingerprint density at radius 3 is 1.45 bits per heavy atom. The lowest BCUT2D eigenvalue weighted by Crippen LogP contribution is -2.37. The quantitative estimate of drug-likeness (QED) is 0.135. The highest BCUT2D eigenvalue weighted by Crippen LogP contribution is 2.50. The smallest absolute Gasteiger partial charge is 0.137 e. The van der Waals surface area contributed by atoms with Gasteiger partial charge in [0.05, 0.1) is 38.4 Å². The second-order valence-corrected chi connectivity index (χ2v) is 36.1. The zero-order chi connectivity index (χ0) is 54.2. The van der Waals surface area contributed by atoms with Gasteiger partial charge in [0.2, 0.25) is 0 Å². The maximum Gasteiger partial charge on any atom is 0.137 e. The van der Waals surface area contributed by atoms with E-state index in [0.717, 1.165) is 61.4 Å². The van der Waals surface area contributed by atoms with Gasteiger partial charge in [-0.1, -0.05) is 188 Å². The summed E-state index contributed by atoms with van der Waals surface area (Å²) >= 11 is 0. The van der Waals surface area contributed by atoms with Gasteiger partial charge in [-0.05, 0) is 141 Å². The second kappa shape index (κ2) is 17.8. The van der Waals surface area contributed by atoms with E-state index >= 15 is 0 Å². The van der Waals surface area contributed by atoms with Crippen molar-refractivity contribution in [2.45, 2.75) is 91.7 Å². The van der Waals surface area contributed by atoms with Crippen molar-refractivity contribution in [3.63, 3.8) is 0 Å². The van der Waals surface area contributed by atoms with Gasteiger partial charge in [-0.2, -0.15) is 0 Å². The van der Waals surface area contributed by atoms with Crippen molar-refractivity contribution in [3.05, 3.63) is 211 Å². The van der Waals surface area contributed by atoms with Crippen molar-refractivity contribution >= 4 is 131 Å². The molecule has 0 saturated carbocycles. The molecule has 4 nitrogen and oxygen atoms in total. The Bertz CT molecular complexity index is 4310. The van der Waals surface area contributed by atoms with Gasteiger partial charge < -0.3 is 18.6 Å². The van der Waals surface area contributed by atoms with Crippen LogP contribution >= 0.6 is 0 Å². The van der Waals surface area contributed by atoms with Crippen molar-refractivity contribution in [1.29, 1.82) is 0 Å². The van der Waals surface area contributed by atoms with E-state index in [9.17, 15) is 0 Å². The maximum atomic E-state index is 6.93. The SMILES string of the molecule is CC(C)(C)c1ccc(N(c2ccc([Si](C)(C)C)cc2)c2ccc3c(c2)oc2cc4ccc5c(c4cc23)c2ccc(N(c3ccc(C(C)(C)C)cc3)c3ccc([Si](C)(C)C)cc3)c3c4cc(-c6ccccc6)ccc4n5c23)cc1. The summed E-state index contributed by atoms with van der Waals surface area (Å²) in [5.41, 5.74) is 17.3. The third-order valence-corrected chi connectivity index (χ3v) is 20.7. The Labute approximate surface area is 461 Å². The molecule has 78 heavy (non-hydrogen) atoms. The number of hydrogen-bond acceptors (Lipinski definition) is 3. The van der Waals surface area contributed by atoms with Crippen LogP contribution < -0.4 is 20.2 Å². The van der Waals surface area contributed by atoms with Crippen LogP contribution in [0.1, 0.15) is 52.7 Å². The molecule has 0 amide bonds. The standard InChI is InChI=1S/C72H69N3OSi2/c1-71(2,3)49-20-24-51(25-21-49)73(52-28-33-56(34-29-52)77(7,8)9)55-32-37-58-61-45-60-48(43-66(61)76-67(58)44-55)19-40-64-68(60)59-38-41-65(69-62-42-47(46-16-14-13-15-17-46)18-39-63(62)75(64)70(59)69)74(53-26-22-50(23-27-53)72(4,5)6)54-30-35-57(36-31-54)78(10,11)12/h13-45H,1-12H3. The molecule has 3 heterocycles. The number of aromatic nitrogens is 1. The van der Waals surface area contributed by atoms with Crippen molar-refractivity contribution in [2.24, 2.45) is 0 Å². The van der Waals surface area contributed by atoms with Gasteiger partial charge in [-0.15, -0.1) is 0 Å². The van der Waals surface area contributed by atoms with Gasteiger partial charge in [-0.25, -0.2) is 0 Å². The zero-order valence-electron chi connectivity index (χ0n) is 47.3. The summed E-state index contributed by atoms with van der Waals surface area (Å²) in [6, 6.07) is 75.8. The Morgan fingerprint density at radius 1 is 0.372 bits per heavy atom. The van der Waals surface area contributed by atoms with E-state index in [1.165, 1.54) is 76.1 Å². The number of anilines is 6. The topological polar surface area (TPSA) is 24.0 Å². The summed E-state index contributed by atoms with van der Waals surface area (Å²) in [5.74, 6) is 0. The summed E-state index contributed by atoms with van der Waals surface area (Å²) in [5, 5.41) is 12.5. The van der Waals surface area contributed by atoms with Crippen molar-refractivity contribution in [1.82, 2.24) is 4.40 Å². The fraction of sp³-hybridized carbons (Fsp3) is 0.194. The maximum absolute atomic E-state index is 6.93. The van der Waals surface area contributed by atoms with Gasteiger partial charge in [-0.3, -0.25) is 0 Å². The van der Waals surface area contributed by atoms with Crippen molar-refractivity contribution < 1.29 is 4.42 Å². The first-order valence-electron chi connectivity index (χ1n) is 27.8. The molecule has 6 heteroatoms. The fourth-order valence-electron chi connectivity index (χ4n) is 12.1. The Kier molecular flexibility index (Phi) is 11.3. The van der Waals surface area contributed by atoms with Crippen molar-refractivity contribution in [2.75, 3.05) is 9.80 Å². The summed E-state index contributed by atoms with van der Waals surface area (Å²) in [4.78, 5) is 4.87. The number of nitrogens with zero attached hydrogens (tertiary/aromatic N) is 3. The molecule has 0 fully saturated rings. The van der Waals surface area contributed by atoms with Gasteiger partial charge in [0.15, 0.2) is 0 Å². The summed E-state index contributed by atoms with van der Waals surface area (Å²) in [6.07, 6.45) is 0. The van der Waals surface area contributed by atoms with Crippen LogP contribution in [-0.2, 0) is 10.8 Å². The minimum Gasteiger partial charge on any atom is -0.456 e. The van der Waals surface area contributed by atoms with E-state index in [1.807, 2.05) is 0 Å². The van der Waals surface area contributed by atoms with Crippen LogP contribution in [0.25, 0.3) is 81.9 Å². The first-order chi connectivity index (χ1) is 37.2. The normalized spacial score (nSPS) is 12.9. The van der Waals surface area contributed by atoms with E-state index in [-0.39, 0.29) is 10.8 Å². The number of hydrogen-bond donors (Lipinski definition) is 0. The molecule has 3 aromatic heterocycles.